The second-order valence-electron chi connectivity index (χ2n) is 6.10. The van der Waals surface area contributed by atoms with E-state index in [9.17, 15) is 0 Å². The molecule has 0 bridgehead atoms. The molecule has 1 aromatic carbocycles. The van der Waals surface area contributed by atoms with Crippen LogP contribution in [-0.2, 0) is 22.6 Å². The van der Waals surface area contributed by atoms with Crippen molar-refractivity contribution < 1.29 is 14.5 Å². The highest BCUT2D eigenvalue weighted by atomic mass is 17.2. The summed E-state index contributed by atoms with van der Waals surface area (Å²) in [5.41, 5.74) is 5.38. The fourth-order valence-electron chi connectivity index (χ4n) is 2.37. The van der Waals surface area contributed by atoms with Crippen molar-refractivity contribution in [3.8, 4) is 5.88 Å². The summed E-state index contributed by atoms with van der Waals surface area (Å²) in [7, 11) is 0. The second kappa shape index (κ2) is 17.2. The monoisotopic (exact) mass is 389 g/mol. The summed E-state index contributed by atoms with van der Waals surface area (Å²) >= 11 is 0. The Morgan fingerprint density at radius 2 is 1.54 bits per heavy atom. The molecule has 2 aromatic rings. The van der Waals surface area contributed by atoms with Crippen LogP contribution in [0.4, 0.5) is 0 Å². The van der Waals surface area contributed by atoms with Crippen LogP contribution in [0.1, 0.15) is 63.3 Å². The Kier molecular flexibility index (Phi) is 16.0. The zero-order valence-electron chi connectivity index (χ0n) is 18.9. The Bertz CT molecular complexity index is 608. The molecule has 0 N–H and O–H groups in total. The molecule has 0 aliphatic rings. The number of aromatic nitrogens is 1. The average molecular weight is 390 g/mol. The minimum atomic E-state index is 0.633. The Labute approximate surface area is 172 Å². The van der Waals surface area contributed by atoms with Crippen LogP contribution in [0.15, 0.2) is 36.5 Å². The lowest BCUT2D eigenvalue weighted by atomic mass is 9.99. The van der Waals surface area contributed by atoms with Gasteiger partial charge in [-0.2, -0.15) is 0 Å². The van der Waals surface area contributed by atoms with Gasteiger partial charge in [0.25, 0.3) is 0 Å². The van der Waals surface area contributed by atoms with Crippen molar-refractivity contribution in [3.05, 3.63) is 58.8 Å². The van der Waals surface area contributed by atoms with Crippen molar-refractivity contribution in [2.24, 2.45) is 0 Å². The topological polar surface area (TPSA) is 40.6 Å². The predicted molar refractivity (Wildman–Crippen MR) is 118 cm³/mol. The lowest BCUT2D eigenvalue weighted by Gasteiger charge is -2.08. The highest BCUT2D eigenvalue weighted by Gasteiger charge is 2.01. The number of benzene rings is 1. The average Bonchev–Trinajstić information content (AvgIpc) is 2.74. The van der Waals surface area contributed by atoms with Gasteiger partial charge in [0.1, 0.15) is 0 Å². The summed E-state index contributed by atoms with van der Waals surface area (Å²) < 4.78 is 5.50. The van der Waals surface area contributed by atoms with Gasteiger partial charge in [-0.05, 0) is 63.6 Å². The SMILES string of the molecule is CC.CCCOc1ccc(CCc2cc(C)ccc2C)cn1.CCOOCC. The molecule has 0 atom stereocenters. The highest BCUT2D eigenvalue weighted by molar-refractivity contribution is 5.31. The van der Waals surface area contributed by atoms with Gasteiger partial charge in [0.05, 0.1) is 19.8 Å². The van der Waals surface area contributed by atoms with Gasteiger partial charge in [-0.15, -0.1) is 0 Å². The third kappa shape index (κ3) is 11.7. The summed E-state index contributed by atoms with van der Waals surface area (Å²) in [6, 6.07) is 10.7. The number of rotatable bonds is 9. The Balaban J connectivity index is 0.000000780. The summed E-state index contributed by atoms with van der Waals surface area (Å²) in [4.78, 5) is 13.3. The van der Waals surface area contributed by atoms with Gasteiger partial charge in [0.2, 0.25) is 5.88 Å². The lowest BCUT2D eigenvalue weighted by molar-refractivity contribution is -0.287. The van der Waals surface area contributed by atoms with Crippen LogP contribution in [0.3, 0.4) is 0 Å². The van der Waals surface area contributed by atoms with E-state index in [1.165, 1.54) is 22.3 Å². The molecule has 4 heteroatoms. The molecule has 0 fully saturated rings. The van der Waals surface area contributed by atoms with E-state index in [1.807, 2.05) is 40.0 Å². The van der Waals surface area contributed by atoms with E-state index in [1.54, 1.807) is 0 Å². The molecule has 1 heterocycles. The number of pyridine rings is 1. The molecule has 1 aromatic heterocycles. The molecule has 0 saturated heterocycles. The first-order valence-corrected chi connectivity index (χ1v) is 10.5. The first-order valence-electron chi connectivity index (χ1n) is 10.5. The Morgan fingerprint density at radius 1 is 0.857 bits per heavy atom. The number of aryl methyl sites for hydroxylation is 4. The van der Waals surface area contributed by atoms with E-state index in [0.29, 0.717) is 13.2 Å². The van der Waals surface area contributed by atoms with E-state index < -0.39 is 0 Å². The molecule has 0 spiro atoms. The third-order valence-corrected chi connectivity index (χ3v) is 3.76. The zero-order chi connectivity index (χ0) is 21.2. The fraction of sp³-hybridized carbons (Fsp3) is 0.542. The summed E-state index contributed by atoms with van der Waals surface area (Å²) in [6.45, 7) is 16.2. The predicted octanol–water partition coefficient (Wildman–Crippen LogP) is 6.27. The number of ether oxygens (including phenoxy) is 1. The van der Waals surface area contributed by atoms with Crippen LogP contribution in [0.2, 0.25) is 0 Å². The van der Waals surface area contributed by atoms with Crippen molar-refractivity contribution in [1.82, 2.24) is 4.98 Å². The maximum atomic E-state index is 5.50. The van der Waals surface area contributed by atoms with Gasteiger partial charge in [-0.1, -0.05) is 50.6 Å². The van der Waals surface area contributed by atoms with E-state index in [0.717, 1.165) is 31.7 Å². The Morgan fingerprint density at radius 3 is 2.07 bits per heavy atom. The zero-order valence-corrected chi connectivity index (χ0v) is 18.9. The van der Waals surface area contributed by atoms with Gasteiger partial charge in [0, 0.05) is 12.3 Å². The molecule has 0 aliphatic carbocycles. The third-order valence-electron chi connectivity index (χ3n) is 3.76. The molecular weight excluding hydrogens is 350 g/mol. The fourth-order valence-corrected chi connectivity index (χ4v) is 2.37. The number of hydrogen-bond acceptors (Lipinski definition) is 4. The first kappa shape index (κ1) is 26.1. The lowest BCUT2D eigenvalue weighted by Crippen LogP contribution is -1.99. The van der Waals surface area contributed by atoms with E-state index in [4.69, 9.17) is 4.74 Å². The maximum absolute atomic E-state index is 5.50. The first-order chi connectivity index (χ1) is 13.6. The van der Waals surface area contributed by atoms with E-state index in [2.05, 4.69) is 59.8 Å². The quantitative estimate of drug-likeness (QED) is 0.288. The minimum Gasteiger partial charge on any atom is -0.478 e. The standard InChI is InChI=1S/C18H23NO.C4H10O2.C2H6/c1-4-11-20-18-10-8-16(13-19-18)7-9-17-12-14(2)5-6-15(17)3;1-3-5-6-4-2;1-2/h5-6,8,10,12-13H,4,7,9,11H2,1-3H3;3-4H2,1-2H3;1-2H3. The van der Waals surface area contributed by atoms with Crippen molar-refractivity contribution in [2.75, 3.05) is 19.8 Å². The maximum Gasteiger partial charge on any atom is 0.213 e. The van der Waals surface area contributed by atoms with Crippen LogP contribution in [-0.4, -0.2) is 24.8 Å². The minimum absolute atomic E-state index is 0.633. The molecule has 2 rings (SSSR count). The van der Waals surface area contributed by atoms with Crippen molar-refractivity contribution in [1.29, 1.82) is 0 Å². The largest absolute Gasteiger partial charge is 0.478 e. The molecule has 0 amide bonds. The smallest absolute Gasteiger partial charge is 0.213 e. The molecule has 4 nitrogen and oxygen atoms in total. The molecule has 0 saturated carbocycles. The molecular formula is C24H39NO3. The normalized spacial score (nSPS) is 9.68. The summed E-state index contributed by atoms with van der Waals surface area (Å²) in [6.07, 6.45) is 5.02. The van der Waals surface area contributed by atoms with Crippen LogP contribution < -0.4 is 4.74 Å². The molecule has 158 valence electrons. The van der Waals surface area contributed by atoms with E-state index >= 15 is 0 Å². The van der Waals surface area contributed by atoms with Crippen LogP contribution in [0, 0.1) is 13.8 Å². The van der Waals surface area contributed by atoms with Gasteiger partial charge in [0.15, 0.2) is 0 Å². The number of hydrogen-bond donors (Lipinski definition) is 0. The van der Waals surface area contributed by atoms with Gasteiger partial charge in [-0.3, -0.25) is 0 Å². The van der Waals surface area contributed by atoms with Crippen LogP contribution in [0.5, 0.6) is 5.88 Å². The van der Waals surface area contributed by atoms with Gasteiger partial charge >= 0.3 is 0 Å². The van der Waals surface area contributed by atoms with Crippen LogP contribution >= 0.6 is 0 Å². The van der Waals surface area contributed by atoms with Crippen molar-refractivity contribution >= 4 is 0 Å². The number of nitrogens with zero attached hydrogens (tertiary/aromatic N) is 1. The van der Waals surface area contributed by atoms with Gasteiger partial charge in [-0.25, -0.2) is 14.8 Å². The van der Waals surface area contributed by atoms with Crippen LogP contribution in [0.25, 0.3) is 0 Å². The van der Waals surface area contributed by atoms with Crippen molar-refractivity contribution in [2.45, 2.75) is 67.7 Å². The molecule has 0 radical (unpaired) electrons. The summed E-state index contributed by atoms with van der Waals surface area (Å²) in [5, 5.41) is 0. The van der Waals surface area contributed by atoms with Crippen molar-refractivity contribution in [3.63, 3.8) is 0 Å². The van der Waals surface area contributed by atoms with E-state index in [-0.39, 0.29) is 0 Å². The molecule has 28 heavy (non-hydrogen) atoms. The Hall–Kier alpha value is -1.91. The second-order valence-corrected chi connectivity index (χ2v) is 6.10. The van der Waals surface area contributed by atoms with Gasteiger partial charge < -0.3 is 4.74 Å². The highest BCUT2D eigenvalue weighted by Crippen LogP contribution is 2.15. The summed E-state index contributed by atoms with van der Waals surface area (Å²) in [5.74, 6) is 0.724. The molecule has 0 aliphatic heterocycles. The molecule has 0 unspecified atom stereocenters.